The number of hydrogen-bond acceptors (Lipinski definition) is 3. The van der Waals surface area contributed by atoms with Crippen LogP contribution in [-0.4, -0.2) is 0 Å². The Morgan fingerprint density at radius 1 is 1.25 bits per heavy atom. The van der Waals surface area contributed by atoms with E-state index in [4.69, 9.17) is 10.2 Å². The third-order valence-corrected chi connectivity index (χ3v) is 3.75. The lowest BCUT2D eigenvalue weighted by molar-refractivity contribution is 0.530. The van der Waals surface area contributed by atoms with Gasteiger partial charge in [0.25, 0.3) is 0 Å². The minimum Gasteiger partial charge on any atom is -0.468 e. The molecule has 0 radical (unpaired) electrons. The topological polar surface area (TPSA) is 39.2 Å². The average Bonchev–Trinajstić information content (AvgIpc) is 2.80. The van der Waals surface area contributed by atoms with Gasteiger partial charge in [-0.25, -0.2) is 0 Å². The largest absolute Gasteiger partial charge is 0.468 e. The molecule has 2 aromatic rings. The standard InChI is InChI=1S/C13H15NOS/c1-10-4-2-5-11(8-14)13(10)16-9-12-6-3-7-15-12/h2-7H,8-9,14H2,1H3. The van der Waals surface area contributed by atoms with Crippen LogP contribution in [0.1, 0.15) is 16.9 Å². The molecule has 0 amide bonds. The maximum atomic E-state index is 5.73. The van der Waals surface area contributed by atoms with Crippen LogP contribution in [0.15, 0.2) is 45.9 Å². The summed E-state index contributed by atoms with van der Waals surface area (Å²) in [5.41, 5.74) is 8.21. The van der Waals surface area contributed by atoms with Crippen molar-refractivity contribution in [3.05, 3.63) is 53.5 Å². The molecule has 0 aliphatic heterocycles. The van der Waals surface area contributed by atoms with Gasteiger partial charge in [-0.15, -0.1) is 11.8 Å². The van der Waals surface area contributed by atoms with Crippen LogP contribution in [0.4, 0.5) is 0 Å². The lowest BCUT2D eigenvalue weighted by Crippen LogP contribution is -1.99. The number of hydrogen-bond donors (Lipinski definition) is 1. The molecule has 16 heavy (non-hydrogen) atoms. The number of rotatable bonds is 4. The molecule has 1 aromatic carbocycles. The van der Waals surface area contributed by atoms with Crippen molar-refractivity contribution in [2.75, 3.05) is 0 Å². The lowest BCUT2D eigenvalue weighted by Gasteiger charge is -2.09. The third kappa shape index (κ3) is 2.49. The van der Waals surface area contributed by atoms with Crippen LogP contribution >= 0.6 is 11.8 Å². The molecule has 0 fully saturated rings. The smallest absolute Gasteiger partial charge is 0.113 e. The van der Waals surface area contributed by atoms with Crippen molar-refractivity contribution in [3.63, 3.8) is 0 Å². The summed E-state index contributed by atoms with van der Waals surface area (Å²) in [5, 5.41) is 0. The van der Waals surface area contributed by atoms with E-state index < -0.39 is 0 Å². The molecule has 0 aliphatic rings. The summed E-state index contributed by atoms with van der Waals surface area (Å²) in [6, 6.07) is 10.2. The monoisotopic (exact) mass is 233 g/mol. The van der Waals surface area contributed by atoms with Crippen LogP contribution in [0.5, 0.6) is 0 Å². The molecule has 0 saturated carbocycles. The van der Waals surface area contributed by atoms with Gasteiger partial charge in [-0.3, -0.25) is 0 Å². The van der Waals surface area contributed by atoms with Gasteiger partial charge < -0.3 is 10.2 Å². The number of benzene rings is 1. The van der Waals surface area contributed by atoms with Crippen LogP contribution < -0.4 is 5.73 Å². The molecule has 0 bridgehead atoms. The molecule has 3 heteroatoms. The molecule has 0 spiro atoms. The highest BCUT2D eigenvalue weighted by Crippen LogP contribution is 2.29. The summed E-state index contributed by atoms with van der Waals surface area (Å²) in [4.78, 5) is 1.28. The first-order valence-electron chi connectivity index (χ1n) is 5.25. The van der Waals surface area contributed by atoms with Crippen molar-refractivity contribution in [1.82, 2.24) is 0 Å². The number of furan rings is 1. The fraction of sp³-hybridized carbons (Fsp3) is 0.231. The Bertz CT molecular complexity index is 451. The molecule has 2 nitrogen and oxygen atoms in total. The van der Waals surface area contributed by atoms with E-state index in [0.29, 0.717) is 6.54 Å². The average molecular weight is 233 g/mol. The van der Waals surface area contributed by atoms with Crippen LogP contribution in [0.2, 0.25) is 0 Å². The zero-order valence-electron chi connectivity index (χ0n) is 9.27. The van der Waals surface area contributed by atoms with Gasteiger partial charge in [0.05, 0.1) is 12.0 Å². The molecule has 2 N–H and O–H groups in total. The number of nitrogens with two attached hydrogens (primary N) is 1. The summed E-state index contributed by atoms with van der Waals surface area (Å²) >= 11 is 1.78. The molecule has 2 rings (SSSR count). The summed E-state index contributed by atoms with van der Waals surface area (Å²) in [5.74, 6) is 1.85. The molecule has 0 aliphatic carbocycles. The van der Waals surface area contributed by atoms with E-state index in [1.165, 1.54) is 16.0 Å². The van der Waals surface area contributed by atoms with Crippen LogP contribution in [-0.2, 0) is 12.3 Å². The summed E-state index contributed by atoms with van der Waals surface area (Å²) in [6.45, 7) is 2.70. The Kier molecular flexibility index (Phi) is 3.70. The fourth-order valence-corrected chi connectivity index (χ4v) is 2.70. The molecular weight excluding hydrogens is 218 g/mol. The molecule has 0 saturated heterocycles. The first-order chi connectivity index (χ1) is 7.81. The third-order valence-electron chi connectivity index (χ3n) is 2.45. The van der Waals surface area contributed by atoms with Gasteiger partial charge in [0.2, 0.25) is 0 Å². The van der Waals surface area contributed by atoms with Crippen molar-refractivity contribution in [2.24, 2.45) is 5.73 Å². The van der Waals surface area contributed by atoms with Crippen molar-refractivity contribution >= 4 is 11.8 Å². The Balaban J connectivity index is 2.14. The second kappa shape index (κ2) is 5.23. The van der Waals surface area contributed by atoms with Gasteiger partial charge in [-0.2, -0.15) is 0 Å². The highest BCUT2D eigenvalue weighted by atomic mass is 32.2. The minimum absolute atomic E-state index is 0.585. The maximum absolute atomic E-state index is 5.73. The van der Waals surface area contributed by atoms with Gasteiger partial charge in [-0.05, 0) is 30.2 Å². The molecule has 1 aromatic heterocycles. The molecule has 84 valence electrons. The van der Waals surface area contributed by atoms with Crippen LogP contribution in [0, 0.1) is 6.92 Å². The van der Waals surface area contributed by atoms with Crippen LogP contribution in [0.25, 0.3) is 0 Å². The zero-order chi connectivity index (χ0) is 11.4. The SMILES string of the molecule is Cc1cccc(CN)c1SCc1ccco1. The number of thioether (sulfide) groups is 1. The van der Waals surface area contributed by atoms with Gasteiger partial charge in [-0.1, -0.05) is 18.2 Å². The Morgan fingerprint density at radius 2 is 2.12 bits per heavy atom. The first kappa shape index (κ1) is 11.3. The molecule has 0 atom stereocenters. The highest BCUT2D eigenvalue weighted by Gasteiger charge is 2.06. The van der Waals surface area contributed by atoms with E-state index in [1.54, 1.807) is 18.0 Å². The molecule has 1 heterocycles. The van der Waals surface area contributed by atoms with Gasteiger partial charge in [0.1, 0.15) is 5.76 Å². The Hall–Kier alpha value is -1.19. The first-order valence-corrected chi connectivity index (χ1v) is 6.23. The van der Waals surface area contributed by atoms with Gasteiger partial charge >= 0.3 is 0 Å². The van der Waals surface area contributed by atoms with Crippen molar-refractivity contribution in [2.45, 2.75) is 24.1 Å². The fourth-order valence-electron chi connectivity index (χ4n) is 1.62. The second-order valence-corrected chi connectivity index (χ2v) is 4.62. The van der Waals surface area contributed by atoms with E-state index in [9.17, 15) is 0 Å². The summed E-state index contributed by atoms with van der Waals surface area (Å²) in [7, 11) is 0. The number of aryl methyl sites for hydroxylation is 1. The predicted molar refractivity (Wildman–Crippen MR) is 67.3 cm³/mol. The lowest BCUT2D eigenvalue weighted by atomic mass is 10.1. The zero-order valence-corrected chi connectivity index (χ0v) is 10.1. The van der Waals surface area contributed by atoms with Crippen molar-refractivity contribution in [1.29, 1.82) is 0 Å². The Labute approximate surface area is 99.8 Å². The Morgan fingerprint density at radius 3 is 2.81 bits per heavy atom. The summed E-state index contributed by atoms with van der Waals surface area (Å²) in [6.07, 6.45) is 1.71. The van der Waals surface area contributed by atoms with E-state index >= 15 is 0 Å². The maximum Gasteiger partial charge on any atom is 0.113 e. The normalized spacial score (nSPS) is 10.6. The van der Waals surface area contributed by atoms with Crippen molar-refractivity contribution in [3.8, 4) is 0 Å². The van der Waals surface area contributed by atoms with E-state index in [2.05, 4.69) is 25.1 Å². The quantitative estimate of drug-likeness (QED) is 0.823. The van der Waals surface area contributed by atoms with Crippen LogP contribution in [0.3, 0.4) is 0 Å². The molecular formula is C13H15NOS. The van der Waals surface area contributed by atoms with Crippen molar-refractivity contribution < 1.29 is 4.42 Å². The summed E-state index contributed by atoms with van der Waals surface area (Å²) < 4.78 is 5.32. The van der Waals surface area contributed by atoms with E-state index in [0.717, 1.165) is 11.5 Å². The van der Waals surface area contributed by atoms with E-state index in [-0.39, 0.29) is 0 Å². The van der Waals surface area contributed by atoms with E-state index in [1.807, 2.05) is 12.1 Å². The van der Waals surface area contributed by atoms with Gasteiger partial charge in [0, 0.05) is 11.4 Å². The van der Waals surface area contributed by atoms with Gasteiger partial charge in [0.15, 0.2) is 0 Å². The minimum atomic E-state index is 0.585. The predicted octanol–water partition coefficient (Wildman–Crippen LogP) is 3.34. The highest BCUT2D eigenvalue weighted by molar-refractivity contribution is 7.98. The second-order valence-electron chi connectivity index (χ2n) is 3.64. The molecule has 0 unspecified atom stereocenters.